The highest BCUT2D eigenvalue weighted by molar-refractivity contribution is 5.77. The monoisotopic (exact) mass is 373 g/mol. The molecule has 1 amide bonds. The second-order valence-electron chi connectivity index (χ2n) is 6.62. The van der Waals surface area contributed by atoms with E-state index >= 15 is 0 Å². The lowest BCUT2D eigenvalue weighted by molar-refractivity contribution is -0.123. The zero-order chi connectivity index (χ0) is 19.1. The summed E-state index contributed by atoms with van der Waals surface area (Å²) in [5.74, 6) is 0.583. The van der Waals surface area contributed by atoms with Gasteiger partial charge in [0, 0.05) is 25.2 Å². The molecule has 1 saturated heterocycles. The van der Waals surface area contributed by atoms with E-state index in [0.29, 0.717) is 31.3 Å². The Morgan fingerprint density at radius 1 is 1.15 bits per heavy atom. The van der Waals surface area contributed by atoms with E-state index in [4.69, 9.17) is 14.2 Å². The van der Waals surface area contributed by atoms with Gasteiger partial charge in [0.15, 0.2) is 18.1 Å². The number of carbonyl (C=O) groups is 1. The van der Waals surface area contributed by atoms with E-state index in [1.165, 1.54) is 6.07 Å². The lowest BCUT2D eigenvalue weighted by Crippen LogP contribution is -2.45. The molecule has 3 rings (SSSR count). The van der Waals surface area contributed by atoms with Crippen molar-refractivity contribution in [3.05, 3.63) is 59.9 Å². The van der Waals surface area contributed by atoms with Gasteiger partial charge in [-0.15, -0.1) is 0 Å². The molecule has 0 bridgehead atoms. The van der Waals surface area contributed by atoms with Gasteiger partial charge < -0.3 is 19.5 Å². The van der Waals surface area contributed by atoms with Crippen molar-refractivity contribution in [3.63, 3.8) is 0 Å². The predicted molar refractivity (Wildman–Crippen MR) is 99.6 cm³/mol. The van der Waals surface area contributed by atoms with Crippen molar-refractivity contribution in [1.82, 2.24) is 5.32 Å². The zero-order valence-electron chi connectivity index (χ0n) is 15.4. The number of hydrogen-bond acceptors (Lipinski definition) is 4. The minimum absolute atomic E-state index is 0.115. The second kappa shape index (κ2) is 8.86. The third-order valence-electron chi connectivity index (χ3n) is 4.94. The maximum atomic E-state index is 13.7. The molecular weight excluding hydrogens is 349 g/mol. The van der Waals surface area contributed by atoms with E-state index in [-0.39, 0.29) is 23.7 Å². The molecule has 0 saturated carbocycles. The number of carbonyl (C=O) groups excluding carboxylic acids is 1. The summed E-state index contributed by atoms with van der Waals surface area (Å²) >= 11 is 0. The molecule has 2 aromatic rings. The first-order valence-electron chi connectivity index (χ1n) is 8.99. The van der Waals surface area contributed by atoms with E-state index in [9.17, 15) is 9.18 Å². The Hall–Kier alpha value is -2.60. The van der Waals surface area contributed by atoms with Crippen LogP contribution in [0.15, 0.2) is 48.5 Å². The van der Waals surface area contributed by atoms with Gasteiger partial charge in [-0.2, -0.15) is 0 Å². The van der Waals surface area contributed by atoms with Crippen molar-refractivity contribution in [1.29, 1.82) is 0 Å². The van der Waals surface area contributed by atoms with Gasteiger partial charge in [0.2, 0.25) is 0 Å². The van der Waals surface area contributed by atoms with Crippen LogP contribution in [0.3, 0.4) is 0 Å². The molecule has 1 N–H and O–H groups in total. The van der Waals surface area contributed by atoms with Gasteiger partial charge in [-0.3, -0.25) is 4.79 Å². The van der Waals surface area contributed by atoms with E-state index < -0.39 is 0 Å². The molecule has 144 valence electrons. The van der Waals surface area contributed by atoms with Crippen LogP contribution in [0.25, 0.3) is 0 Å². The molecule has 27 heavy (non-hydrogen) atoms. The molecule has 1 fully saturated rings. The van der Waals surface area contributed by atoms with Crippen molar-refractivity contribution in [2.75, 3.05) is 33.5 Å². The highest BCUT2D eigenvalue weighted by Crippen LogP contribution is 2.34. The SMILES string of the molecule is COc1ccccc1OCC(=O)NCC1(c2cccc(F)c2)CCOCC1. The summed E-state index contributed by atoms with van der Waals surface area (Å²) in [6.45, 7) is 1.47. The number of amides is 1. The number of ether oxygens (including phenoxy) is 3. The van der Waals surface area contributed by atoms with Crippen LogP contribution in [-0.4, -0.2) is 39.4 Å². The number of para-hydroxylation sites is 2. The van der Waals surface area contributed by atoms with Gasteiger partial charge in [0.1, 0.15) is 5.82 Å². The molecule has 0 radical (unpaired) electrons. The second-order valence-corrected chi connectivity index (χ2v) is 6.62. The summed E-state index contributed by atoms with van der Waals surface area (Å²) in [6, 6.07) is 13.8. The van der Waals surface area contributed by atoms with Crippen LogP contribution in [0.1, 0.15) is 18.4 Å². The Labute approximate surface area is 158 Å². The Kier molecular flexibility index (Phi) is 6.29. The van der Waals surface area contributed by atoms with Crippen LogP contribution in [0.5, 0.6) is 11.5 Å². The Bertz CT molecular complexity index is 774. The summed E-state index contributed by atoms with van der Waals surface area (Å²) < 4.78 is 30.0. The first kappa shape index (κ1) is 19.2. The van der Waals surface area contributed by atoms with Crippen LogP contribution in [0.2, 0.25) is 0 Å². The highest BCUT2D eigenvalue weighted by Gasteiger charge is 2.35. The molecule has 0 spiro atoms. The Morgan fingerprint density at radius 2 is 1.89 bits per heavy atom. The minimum Gasteiger partial charge on any atom is -0.493 e. The maximum absolute atomic E-state index is 13.7. The maximum Gasteiger partial charge on any atom is 0.257 e. The third-order valence-corrected chi connectivity index (χ3v) is 4.94. The van der Waals surface area contributed by atoms with Crippen molar-refractivity contribution in [2.45, 2.75) is 18.3 Å². The minimum atomic E-state index is -0.333. The summed E-state index contributed by atoms with van der Waals surface area (Å²) in [4.78, 5) is 12.3. The van der Waals surface area contributed by atoms with Gasteiger partial charge in [0.25, 0.3) is 5.91 Å². The molecule has 2 aromatic carbocycles. The van der Waals surface area contributed by atoms with Crippen LogP contribution < -0.4 is 14.8 Å². The van der Waals surface area contributed by atoms with Gasteiger partial charge in [0.05, 0.1) is 7.11 Å². The first-order chi connectivity index (χ1) is 13.1. The predicted octanol–water partition coefficient (Wildman–Crippen LogP) is 3.08. The molecule has 1 aliphatic heterocycles. The fourth-order valence-electron chi connectivity index (χ4n) is 3.35. The molecule has 1 aliphatic rings. The molecule has 0 aromatic heterocycles. The number of halogens is 1. The van der Waals surface area contributed by atoms with Crippen LogP contribution in [0.4, 0.5) is 4.39 Å². The third kappa shape index (κ3) is 4.77. The van der Waals surface area contributed by atoms with Gasteiger partial charge in [-0.1, -0.05) is 24.3 Å². The van der Waals surface area contributed by atoms with Crippen molar-refractivity contribution in [3.8, 4) is 11.5 Å². The normalized spacial score (nSPS) is 15.8. The number of benzene rings is 2. The molecule has 6 heteroatoms. The molecule has 1 heterocycles. The summed E-state index contributed by atoms with van der Waals surface area (Å²) in [6.07, 6.45) is 1.45. The number of methoxy groups -OCH3 is 1. The molecular formula is C21H24FNO4. The summed E-state index contributed by atoms with van der Waals surface area (Å²) in [5.41, 5.74) is 0.553. The van der Waals surface area contributed by atoms with Crippen molar-refractivity contribution < 1.29 is 23.4 Å². The topological polar surface area (TPSA) is 56.8 Å². The Balaban J connectivity index is 1.62. The first-order valence-corrected chi connectivity index (χ1v) is 8.99. The highest BCUT2D eigenvalue weighted by atomic mass is 19.1. The van der Waals surface area contributed by atoms with Crippen molar-refractivity contribution >= 4 is 5.91 Å². The average molecular weight is 373 g/mol. The van der Waals surface area contributed by atoms with Gasteiger partial charge >= 0.3 is 0 Å². The largest absolute Gasteiger partial charge is 0.493 e. The van der Waals surface area contributed by atoms with Crippen LogP contribution >= 0.6 is 0 Å². The zero-order valence-corrected chi connectivity index (χ0v) is 15.4. The smallest absolute Gasteiger partial charge is 0.257 e. The number of hydrogen-bond donors (Lipinski definition) is 1. The van der Waals surface area contributed by atoms with Gasteiger partial charge in [-0.05, 0) is 42.7 Å². The molecule has 5 nitrogen and oxygen atoms in total. The Morgan fingerprint density at radius 3 is 2.59 bits per heavy atom. The number of rotatable bonds is 7. The summed E-state index contributed by atoms with van der Waals surface area (Å²) in [7, 11) is 1.55. The molecule has 0 aliphatic carbocycles. The van der Waals surface area contributed by atoms with Crippen LogP contribution in [0, 0.1) is 5.82 Å². The van der Waals surface area contributed by atoms with Crippen molar-refractivity contribution in [2.24, 2.45) is 0 Å². The average Bonchev–Trinajstić information content (AvgIpc) is 2.71. The lowest BCUT2D eigenvalue weighted by atomic mass is 9.74. The van der Waals surface area contributed by atoms with E-state index in [0.717, 1.165) is 18.4 Å². The fraction of sp³-hybridized carbons (Fsp3) is 0.381. The van der Waals surface area contributed by atoms with E-state index in [1.54, 1.807) is 31.4 Å². The fourth-order valence-corrected chi connectivity index (χ4v) is 3.35. The number of nitrogens with one attached hydrogen (secondary N) is 1. The lowest BCUT2D eigenvalue weighted by Gasteiger charge is -2.38. The molecule has 0 unspecified atom stereocenters. The van der Waals surface area contributed by atoms with E-state index in [2.05, 4.69) is 5.32 Å². The summed E-state index contributed by atoms with van der Waals surface area (Å²) in [5, 5.41) is 2.94. The quantitative estimate of drug-likeness (QED) is 0.810. The van der Waals surface area contributed by atoms with Crippen LogP contribution in [-0.2, 0) is 14.9 Å². The molecule has 0 atom stereocenters. The standard InChI is InChI=1S/C21H24FNO4/c1-25-18-7-2-3-8-19(18)27-14-20(24)23-15-21(9-11-26-12-10-21)16-5-4-6-17(22)13-16/h2-8,13H,9-12,14-15H2,1H3,(H,23,24). The van der Waals surface area contributed by atoms with Gasteiger partial charge in [-0.25, -0.2) is 4.39 Å². The van der Waals surface area contributed by atoms with E-state index in [1.807, 2.05) is 18.2 Å².